The second-order valence-corrected chi connectivity index (χ2v) is 9.43. The molecule has 0 spiro atoms. The number of rotatable bonds is 3. The number of ether oxygens (including phenoxy) is 2. The molecule has 0 aromatic rings. The van der Waals surface area contributed by atoms with Gasteiger partial charge in [0.2, 0.25) is 0 Å². The fraction of sp³-hybridized carbons (Fsp3) is 0.850. The van der Waals surface area contributed by atoms with Gasteiger partial charge >= 0.3 is 18.1 Å². The van der Waals surface area contributed by atoms with E-state index < -0.39 is 5.60 Å². The summed E-state index contributed by atoms with van der Waals surface area (Å²) in [5.41, 5.74) is -0.543. The Labute approximate surface area is 172 Å². The molecule has 0 N–H and O–H groups in total. The number of carbonyl (C=O) groups is 3. The largest absolute Gasteiger partial charge is 0.468 e. The molecule has 1 unspecified atom stereocenters. The van der Waals surface area contributed by atoms with Crippen LogP contribution >= 0.6 is 0 Å². The number of fused-ring (bicyclic) bond motifs is 1. The number of esters is 1. The minimum atomic E-state index is -0.543. The smallest absolute Gasteiger partial charge is 0.410 e. The van der Waals surface area contributed by atoms with Crippen LogP contribution in [-0.4, -0.2) is 107 Å². The zero-order valence-corrected chi connectivity index (χ0v) is 18.4. The van der Waals surface area contributed by atoms with E-state index in [9.17, 15) is 14.4 Å². The summed E-state index contributed by atoms with van der Waals surface area (Å²) < 4.78 is 10.5. The van der Waals surface area contributed by atoms with Crippen molar-refractivity contribution >= 4 is 18.1 Å². The fourth-order valence-electron chi connectivity index (χ4n) is 4.53. The predicted molar refractivity (Wildman–Crippen MR) is 106 cm³/mol. The lowest BCUT2D eigenvalue weighted by Crippen LogP contribution is -2.54. The Morgan fingerprint density at radius 2 is 1.72 bits per heavy atom. The van der Waals surface area contributed by atoms with Crippen LogP contribution in [0.25, 0.3) is 0 Å². The fourth-order valence-corrected chi connectivity index (χ4v) is 4.53. The molecule has 3 rings (SSSR count). The minimum absolute atomic E-state index is 0.00180. The van der Waals surface area contributed by atoms with Crippen LogP contribution in [0.5, 0.6) is 0 Å². The molecule has 3 saturated heterocycles. The summed E-state index contributed by atoms with van der Waals surface area (Å²) in [4.78, 5) is 45.2. The van der Waals surface area contributed by atoms with Gasteiger partial charge in [-0.15, -0.1) is 0 Å². The van der Waals surface area contributed by atoms with Gasteiger partial charge in [0.1, 0.15) is 11.6 Å². The second kappa shape index (κ2) is 8.01. The van der Waals surface area contributed by atoms with Gasteiger partial charge in [0, 0.05) is 44.8 Å². The van der Waals surface area contributed by atoms with E-state index in [0.717, 1.165) is 0 Å². The Morgan fingerprint density at radius 1 is 1.03 bits per heavy atom. The van der Waals surface area contributed by atoms with Crippen molar-refractivity contribution in [2.24, 2.45) is 0 Å². The number of urea groups is 1. The molecule has 0 aromatic heterocycles. The summed E-state index contributed by atoms with van der Waals surface area (Å²) in [5.74, 6) is -0.248. The zero-order chi connectivity index (χ0) is 21.5. The van der Waals surface area contributed by atoms with Crippen molar-refractivity contribution in [1.29, 1.82) is 0 Å². The van der Waals surface area contributed by atoms with E-state index in [1.165, 1.54) is 7.11 Å². The Hall–Kier alpha value is -2.03. The third-order valence-electron chi connectivity index (χ3n) is 5.93. The highest BCUT2D eigenvalue weighted by molar-refractivity contribution is 5.80. The highest BCUT2D eigenvalue weighted by Gasteiger charge is 2.49. The molecule has 0 aromatic carbocycles. The number of hydrogen-bond donors (Lipinski definition) is 0. The Kier molecular flexibility index (Phi) is 5.98. The first-order valence-corrected chi connectivity index (χ1v) is 10.4. The lowest BCUT2D eigenvalue weighted by molar-refractivity contribution is -0.146. The molecule has 0 bridgehead atoms. The summed E-state index contributed by atoms with van der Waals surface area (Å²) in [6, 6.07) is -0.221. The predicted octanol–water partition coefficient (Wildman–Crippen LogP) is 1.37. The molecule has 29 heavy (non-hydrogen) atoms. The van der Waals surface area contributed by atoms with Crippen LogP contribution in [0.3, 0.4) is 0 Å². The molecule has 164 valence electrons. The molecule has 3 atom stereocenters. The summed E-state index contributed by atoms with van der Waals surface area (Å²) in [7, 11) is 1.40. The normalized spacial score (nSPS) is 28.2. The van der Waals surface area contributed by atoms with Gasteiger partial charge in [-0.25, -0.2) is 9.59 Å². The van der Waals surface area contributed by atoms with Gasteiger partial charge in [-0.1, -0.05) is 0 Å². The van der Waals surface area contributed by atoms with Crippen molar-refractivity contribution in [3.63, 3.8) is 0 Å². The molecule has 3 fully saturated rings. The van der Waals surface area contributed by atoms with Crippen molar-refractivity contribution in [2.45, 2.75) is 70.8 Å². The lowest BCUT2D eigenvalue weighted by Gasteiger charge is -2.37. The number of nitrogens with zero attached hydrogens (tertiary/aromatic N) is 4. The summed E-state index contributed by atoms with van der Waals surface area (Å²) in [6.07, 6.45) is 0.244. The highest BCUT2D eigenvalue weighted by atomic mass is 16.6. The Balaban J connectivity index is 1.66. The van der Waals surface area contributed by atoms with Gasteiger partial charge in [-0.05, 0) is 41.0 Å². The lowest BCUT2D eigenvalue weighted by atomic mass is 10.1. The van der Waals surface area contributed by atoms with Gasteiger partial charge in [0.25, 0.3) is 0 Å². The van der Waals surface area contributed by atoms with Crippen molar-refractivity contribution in [2.75, 3.05) is 39.8 Å². The van der Waals surface area contributed by atoms with Crippen LogP contribution in [0.2, 0.25) is 0 Å². The number of piperazine rings is 1. The number of likely N-dealkylation sites (tertiary alicyclic amines) is 1. The van der Waals surface area contributed by atoms with Crippen LogP contribution in [0.15, 0.2) is 0 Å². The van der Waals surface area contributed by atoms with E-state index in [2.05, 4.69) is 4.90 Å². The summed E-state index contributed by atoms with van der Waals surface area (Å²) >= 11 is 0. The van der Waals surface area contributed by atoms with Gasteiger partial charge in [0.15, 0.2) is 0 Å². The first kappa shape index (κ1) is 21.7. The molecule has 3 heterocycles. The average Bonchev–Trinajstić information content (AvgIpc) is 3.21. The molecule has 3 amide bonds. The van der Waals surface area contributed by atoms with Crippen LogP contribution in [0, 0.1) is 0 Å². The van der Waals surface area contributed by atoms with E-state index in [4.69, 9.17) is 9.47 Å². The maximum atomic E-state index is 13.0. The van der Waals surface area contributed by atoms with Crippen LogP contribution in [0.1, 0.15) is 41.0 Å². The Bertz CT molecular complexity index is 662. The zero-order valence-electron chi connectivity index (χ0n) is 18.4. The van der Waals surface area contributed by atoms with Gasteiger partial charge in [-0.2, -0.15) is 0 Å². The second-order valence-electron chi connectivity index (χ2n) is 9.43. The van der Waals surface area contributed by atoms with Crippen LogP contribution < -0.4 is 0 Å². The van der Waals surface area contributed by atoms with E-state index in [1.807, 2.05) is 44.4 Å². The number of hydrogen-bond acceptors (Lipinski definition) is 6. The van der Waals surface area contributed by atoms with Crippen molar-refractivity contribution < 1.29 is 23.9 Å². The van der Waals surface area contributed by atoms with Gasteiger partial charge in [-0.3, -0.25) is 9.69 Å². The molecular formula is C20H34N4O5. The van der Waals surface area contributed by atoms with Crippen molar-refractivity contribution in [3.8, 4) is 0 Å². The topological polar surface area (TPSA) is 82.6 Å². The number of amides is 3. The highest BCUT2D eigenvalue weighted by Crippen LogP contribution is 2.30. The third-order valence-corrected chi connectivity index (χ3v) is 5.93. The monoisotopic (exact) mass is 410 g/mol. The maximum absolute atomic E-state index is 13.0. The molecule has 9 heteroatoms. The first-order valence-electron chi connectivity index (χ1n) is 10.4. The molecule has 0 aliphatic carbocycles. The molecule has 0 radical (unpaired) electrons. The SMILES string of the molecule is COC(=O)[C@@H]1C[C@@H](N2CC3CN(C(=O)OC(C)(C)C)CCN3C2=O)CN1C(C)C. The van der Waals surface area contributed by atoms with Gasteiger partial charge in [0.05, 0.1) is 13.2 Å². The van der Waals surface area contributed by atoms with E-state index in [0.29, 0.717) is 39.1 Å². The summed E-state index contributed by atoms with van der Waals surface area (Å²) in [6.45, 7) is 12.3. The minimum Gasteiger partial charge on any atom is -0.468 e. The van der Waals surface area contributed by atoms with E-state index in [1.54, 1.807) is 4.90 Å². The average molecular weight is 411 g/mol. The maximum Gasteiger partial charge on any atom is 0.410 e. The molecule has 3 aliphatic heterocycles. The molecule has 3 aliphatic rings. The first-order chi connectivity index (χ1) is 13.5. The number of methoxy groups -OCH3 is 1. The third kappa shape index (κ3) is 4.44. The molecular weight excluding hydrogens is 376 g/mol. The van der Waals surface area contributed by atoms with Crippen molar-refractivity contribution in [3.05, 3.63) is 0 Å². The van der Waals surface area contributed by atoms with E-state index >= 15 is 0 Å². The standard InChI is InChI=1S/C20H34N4O5/c1-13(2)23-11-14(9-16(23)17(25)28-6)24-12-15-10-21(7-8-22(15)18(24)26)19(27)29-20(3,4)5/h13-16H,7-12H2,1-6H3/t14-,15?,16+/m1/s1. The van der Waals surface area contributed by atoms with E-state index in [-0.39, 0.29) is 42.3 Å². The van der Waals surface area contributed by atoms with Crippen molar-refractivity contribution in [1.82, 2.24) is 19.6 Å². The Morgan fingerprint density at radius 3 is 2.31 bits per heavy atom. The van der Waals surface area contributed by atoms with Gasteiger partial charge < -0.3 is 24.2 Å². The number of carbonyl (C=O) groups excluding carboxylic acids is 3. The quantitative estimate of drug-likeness (QED) is 0.654. The molecule has 9 nitrogen and oxygen atoms in total. The summed E-state index contributed by atoms with van der Waals surface area (Å²) in [5, 5.41) is 0. The molecule has 0 saturated carbocycles. The van der Waals surface area contributed by atoms with Crippen LogP contribution in [-0.2, 0) is 14.3 Å². The van der Waals surface area contributed by atoms with Crippen LogP contribution in [0.4, 0.5) is 9.59 Å².